The number of aromatic nitrogens is 1. The van der Waals surface area contributed by atoms with Gasteiger partial charge in [0, 0.05) is 23.6 Å². The predicted molar refractivity (Wildman–Crippen MR) is 95.3 cm³/mol. The van der Waals surface area contributed by atoms with Gasteiger partial charge in [0.1, 0.15) is 5.69 Å². The van der Waals surface area contributed by atoms with Gasteiger partial charge in [0.25, 0.3) is 0 Å². The van der Waals surface area contributed by atoms with Gasteiger partial charge >= 0.3 is 0 Å². The highest BCUT2D eigenvalue weighted by Gasteiger charge is 2.40. The third kappa shape index (κ3) is 3.47. The number of fused-ring (bicyclic) bond motifs is 2. The average molecular weight is 339 g/mol. The minimum Gasteiger partial charge on any atom is -0.359 e. The second-order valence-corrected chi connectivity index (χ2v) is 7.46. The molecule has 5 nitrogen and oxygen atoms in total. The van der Waals surface area contributed by atoms with E-state index in [1.54, 1.807) is 0 Å². The molecular formula is C20H25N3O2. The first-order chi connectivity index (χ1) is 12.2. The van der Waals surface area contributed by atoms with Crippen molar-refractivity contribution in [1.29, 1.82) is 0 Å². The second kappa shape index (κ2) is 7.00. The molecule has 2 aliphatic carbocycles. The summed E-state index contributed by atoms with van der Waals surface area (Å²) >= 11 is 0. The van der Waals surface area contributed by atoms with Crippen LogP contribution in [0.25, 0.3) is 11.3 Å². The Hall–Kier alpha value is -2.14. The van der Waals surface area contributed by atoms with E-state index in [2.05, 4.69) is 10.5 Å². The summed E-state index contributed by atoms with van der Waals surface area (Å²) in [5, 5.41) is 7.11. The summed E-state index contributed by atoms with van der Waals surface area (Å²) < 4.78 is 5.36. The largest absolute Gasteiger partial charge is 0.359 e. The molecule has 2 atom stereocenters. The van der Waals surface area contributed by atoms with Gasteiger partial charge in [0.15, 0.2) is 5.76 Å². The highest BCUT2D eigenvalue weighted by Crippen LogP contribution is 2.41. The predicted octanol–water partition coefficient (Wildman–Crippen LogP) is 3.11. The molecule has 0 aliphatic heterocycles. The number of hydrogen-bond donors (Lipinski definition) is 2. The van der Waals surface area contributed by atoms with E-state index in [0.717, 1.165) is 24.1 Å². The van der Waals surface area contributed by atoms with E-state index in [4.69, 9.17) is 10.3 Å². The zero-order valence-corrected chi connectivity index (χ0v) is 14.4. The quantitative estimate of drug-likeness (QED) is 0.897. The summed E-state index contributed by atoms with van der Waals surface area (Å²) in [7, 11) is 0. The lowest BCUT2D eigenvalue weighted by Crippen LogP contribution is -2.49. The normalized spacial score (nSPS) is 28.5. The second-order valence-electron chi connectivity index (χ2n) is 7.46. The molecule has 1 aromatic heterocycles. The van der Waals surface area contributed by atoms with Crippen LogP contribution in [0.4, 0.5) is 0 Å². The first-order valence-electron chi connectivity index (χ1n) is 9.25. The van der Waals surface area contributed by atoms with Crippen molar-refractivity contribution in [1.82, 2.24) is 10.5 Å². The molecule has 2 bridgehead atoms. The van der Waals surface area contributed by atoms with Crippen molar-refractivity contribution in [3.8, 4) is 11.3 Å². The van der Waals surface area contributed by atoms with Gasteiger partial charge in [0.2, 0.25) is 5.91 Å². The van der Waals surface area contributed by atoms with Crippen LogP contribution >= 0.6 is 0 Å². The fourth-order valence-corrected chi connectivity index (χ4v) is 4.46. The molecule has 2 unspecified atom stereocenters. The van der Waals surface area contributed by atoms with Crippen LogP contribution in [0.15, 0.2) is 40.9 Å². The van der Waals surface area contributed by atoms with Gasteiger partial charge in [-0.25, -0.2) is 0 Å². The summed E-state index contributed by atoms with van der Waals surface area (Å²) in [4.78, 5) is 12.6. The highest BCUT2D eigenvalue weighted by molar-refractivity contribution is 5.78. The monoisotopic (exact) mass is 339 g/mol. The Morgan fingerprint density at radius 1 is 1.20 bits per heavy atom. The zero-order valence-electron chi connectivity index (χ0n) is 14.4. The van der Waals surface area contributed by atoms with Crippen molar-refractivity contribution in [3.05, 3.63) is 42.2 Å². The average Bonchev–Trinajstić information content (AvgIpc) is 3.09. The number of nitrogens with two attached hydrogens (primary N) is 1. The lowest BCUT2D eigenvalue weighted by molar-refractivity contribution is -0.128. The number of nitrogens with one attached hydrogen (secondary N) is 1. The van der Waals surface area contributed by atoms with Crippen molar-refractivity contribution in [2.45, 2.75) is 44.7 Å². The molecule has 1 heterocycles. The number of hydrogen-bond acceptors (Lipinski definition) is 4. The van der Waals surface area contributed by atoms with Gasteiger partial charge < -0.3 is 15.6 Å². The molecule has 2 aliphatic rings. The van der Waals surface area contributed by atoms with Crippen molar-refractivity contribution in [3.63, 3.8) is 0 Å². The lowest BCUT2D eigenvalue weighted by Gasteiger charge is -2.43. The molecule has 25 heavy (non-hydrogen) atoms. The van der Waals surface area contributed by atoms with Crippen molar-refractivity contribution >= 4 is 5.91 Å². The maximum absolute atomic E-state index is 12.6. The third-order valence-electron chi connectivity index (χ3n) is 5.85. The molecule has 0 saturated heterocycles. The van der Waals surface area contributed by atoms with E-state index in [1.807, 2.05) is 36.4 Å². The molecule has 0 radical (unpaired) electrons. The fourth-order valence-electron chi connectivity index (χ4n) is 4.46. The van der Waals surface area contributed by atoms with E-state index < -0.39 is 0 Å². The fraction of sp³-hybridized carbons (Fsp3) is 0.500. The summed E-state index contributed by atoms with van der Waals surface area (Å²) in [6, 6.07) is 12.1. The van der Waals surface area contributed by atoms with Gasteiger partial charge in [-0.3, -0.25) is 4.79 Å². The molecule has 2 fully saturated rings. The van der Waals surface area contributed by atoms with E-state index in [0.29, 0.717) is 30.2 Å². The van der Waals surface area contributed by atoms with Crippen molar-refractivity contribution in [2.75, 3.05) is 0 Å². The molecular weight excluding hydrogens is 314 g/mol. The molecule has 5 heteroatoms. The Morgan fingerprint density at radius 2 is 1.92 bits per heavy atom. The van der Waals surface area contributed by atoms with Crippen LogP contribution in [0.3, 0.4) is 0 Å². The first kappa shape index (κ1) is 16.3. The maximum Gasteiger partial charge on any atom is 0.223 e. The van der Waals surface area contributed by atoms with E-state index >= 15 is 0 Å². The molecule has 1 aromatic carbocycles. The van der Waals surface area contributed by atoms with Crippen LogP contribution < -0.4 is 11.1 Å². The van der Waals surface area contributed by atoms with Gasteiger partial charge in [-0.2, -0.15) is 0 Å². The summed E-state index contributed by atoms with van der Waals surface area (Å²) in [5.74, 6) is 1.92. The van der Waals surface area contributed by atoms with Gasteiger partial charge in [0.05, 0.1) is 6.54 Å². The minimum absolute atomic E-state index is 0.0895. The number of benzene rings is 1. The lowest BCUT2D eigenvalue weighted by atomic mass is 9.65. The van der Waals surface area contributed by atoms with Crippen LogP contribution in [0.5, 0.6) is 0 Å². The summed E-state index contributed by atoms with van der Waals surface area (Å²) in [6.07, 6.45) is 5.45. The highest BCUT2D eigenvalue weighted by atomic mass is 16.5. The molecule has 2 saturated carbocycles. The van der Waals surface area contributed by atoms with Crippen molar-refractivity contribution in [2.24, 2.45) is 23.5 Å². The van der Waals surface area contributed by atoms with Crippen molar-refractivity contribution < 1.29 is 9.32 Å². The molecule has 1 amide bonds. The number of nitrogens with zero attached hydrogens (tertiary/aromatic N) is 1. The summed E-state index contributed by atoms with van der Waals surface area (Å²) in [6.45, 7) is 0.385. The Morgan fingerprint density at radius 3 is 2.64 bits per heavy atom. The van der Waals surface area contributed by atoms with Crippen LogP contribution in [-0.4, -0.2) is 17.1 Å². The molecule has 3 N–H and O–H groups in total. The topological polar surface area (TPSA) is 81.2 Å². The van der Waals surface area contributed by atoms with Crippen LogP contribution in [0.2, 0.25) is 0 Å². The minimum atomic E-state index is 0.0895. The number of rotatable bonds is 4. The zero-order chi connectivity index (χ0) is 17.2. The molecule has 2 aromatic rings. The van der Waals surface area contributed by atoms with E-state index in [9.17, 15) is 4.79 Å². The Bertz CT molecular complexity index is 714. The van der Waals surface area contributed by atoms with Gasteiger partial charge in [-0.15, -0.1) is 0 Å². The van der Waals surface area contributed by atoms with E-state index in [-0.39, 0.29) is 11.8 Å². The van der Waals surface area contributed by atoms with Gasteiger partial charge in [-0.05, 0) is 37.5 Å². The SMILES string of the molecule is NC1C2CCCC1CC(C(=O)NCc1cc(-c3ccccc3)no1)C2. The van der Waals surface area contributed by atoms with Crippen LogP contribution in [-0.2, 0) is 11.3 Å². The first-order valence-corrected chi connectivity index (χ1v) is 9.25. The number of carbonyl (C=O) groups excluding carboxylic acids is 1. The summed E-state index contributed by atoms with van der Waals surface area (Å²) in [5.41, 5.74) is 8.12. The standard InChI is InChI=1S/C20H25N3O2/c21-19-14-7-4-8-15(19)10-16(9-14)20(24)22-12-17-11-18(23-25-17)13-5-2-1-3-6-13/h1-3,5-6,11,14-16,19H,4,7-10,12,21H2,(H,22,24). The van der Waals surface area contributed by atoms with Gasteiger partial charge in [-0.1, -0.05) is 41.9 Å². The molecule has 132 valence electrons. The number of amides is 1. The Balaban J connectivity index is 1.34. The molecule has 0 spiro atoms. The molecule has 4 rings (SSSR count). The van der Waals surface area contributed by atoms with Crippen LogP contribution in [0, 0.1) is 17.8 Å². The smallest absolute Gasteiger partial charge is 0.223 e. The van der Waals surface area contributed by atoms with Crippen LogP contribution in [0.1, 0.15) is 37.9 Å². The number of carbonyl (C=O) groups is 1. The Kier molecular flexibility index (Phi) is 4.57. The third-order valence-corrected chi connectivity index (χ3v) is 5.85. The van der Waals surface area contributed by atoms with E-state index in [1.165, 1.54) is 19.3 Å². The Labute approximate surface area is 148 Å². The maximum atomic E-state index is 12.6.